The molecular weight excluding hydrogens is 196 g/mol. The summed E-state index contributed by atoms with van der Waals surface area (Å²) in [6.07, 6.45) is 0. The van der Waals surface area contributed by atoms with Crippen molar-refractivity contribution in [2.24, 2.45) is 0 Å². The van der Waals surface area contributed by atoms with Crippen LogP contribution >= 0.6 is 0 Å². The number of nitriles is 1. The summed E-state index contributed by atoms with van der Waals surface area (Å²) in [5, 5.41) is 12.0. The number of hydrogen-bond donors (Lipinski definition) is 1. The second-order valence-electron chi connectivity index (χ2n) is 3.63. The Balaban J connectivity index is 2.22. The van der Waals surface area contributed by atoms with Gasteiger partial charge in [-0.3, -0.25) is 0 Å². The van der Waals surface area contributed by atoms with Gasteiger partial charge in [0.25, 0.3) is 0 Å². The van der Waals surface area contributed by atoms with E-state index in [-0.39, 0.29) is 0 Å². The zero-order valence-electron chi connectivity index (χ0n) is 9.07. The number of anilines is 2. The summed E-state index contributed by atoms with van der Waals surface area (Å²) in [6, 6.07) is 17.6. The first kappa shape index (κ1) is 10.3. The van der Waals surface area contributed by atoms with E-state index in [4.69, 9.17) is 5.26 Å². The number of benzene rings is 2. The molecule has 0 aliphatic carbocycles. The Morgan fingerprint density at radius 1 is 1.00 bits per heavy atom. The third-order valence-corrected chi connectivity index (χ3v) is 2.44. The number of hydrogen-bond acceptors (Lipinski definition) is 2. The van der Waals surface area contributed by atoms with Gasteiger partial charge in [0.2, 0.25) is 0 Å². The minimum Gasteiger partial charge on any atom is -0.355 e. The molecule has 2 rings (SSSR count). The standard InChI is InChI=1S/C14H12N2/c1-11-4-2-3-5-14(11)16-13-8-6-12(10-15)7-9-13/h2-9,16H,1H3. The van der Waals surface area contributed by atoms with Crippen LogP contribution in [0, 0.1) is 18.3 Å². The molecule has 0 spiro atoms. The van der Waals surface area contributed by atoms with Crippen LogP contribution in [0.25, 0.3) is 0 Å². The highest BCUT2D eigenvalue weighted by Gasteiger charge is 1.97. The van der Waals surface area contributed by atoms with E-state index in [0.717, 1.165) is 11.4 Å². The third-order valence-electron chi connectivity index (χ3n) is 2.44. The molecule has 1 N–H and O–H groups in total. The quantitative estimate of drug-likeness (QED) is 0.818. The molecule has 0 unspecified atom stereocenters. The maximum atomic E-state index is 8.69. The zero-order chi connectivity index (χ0) is 11.4. The van der Waals surface area contributed by atoms with E-state index in [1.54, 1.807) is 12.1 Å². The molecule has 0 saturated carbocycles. The Morgan fingerprint density at radius 3 is 2.31 bits per heavy atom. The Morgan fingerprint density at radius 2 is 1.69 bits per heavy atom. The zero-order valence-corrected chi connectivity index (χ0v) is 9.07. The van der Waals surface area contributed by atoms with Gasteiger partial charge >= 0.3 is 0 Å². The van der Waals surface area contributed by atoms with Crippen LogP contribution in [0.1, 0.15) is 11.1 Å². The number of nitrogens with zero attached hydrogens (tertiary/aromatic N) is 1. The second kappa shape index (κ2) is 4.50. The average Bonchev–Trinajstić information content (AvgIpc) is 2.33. The Hall–Kier alpha value is -2.27. The molecule has 2 aromatic carbocycles. The van der Waals surface area contributed by atoms with Gasteiger partial charge in [-0.1, -0.05) is 18.2 Å². The summed E-state index contributed by atoms with van der Waals surface area (Å²) in [4.78, 5) is 0. The van der Waals surface area contributed by atoms with Crippen molar-refractivity contribution in [1.82, 2.24) is 0 Å². The van der Waals surface area contributed by atoms with Gasteiger partial charge in [0.1, 0.15) is 0 Å². The summed E-state index contributed by atoms with van der Waals surface area (Å²) in [7, 11) is 0. The summed E-state index contributed by atoms with van der Waals surface area (Å²) >= 11 is 0. The molecule has 0 atom stereocenters. The molecule has 2 aromatic rings. The fourth-order valence-corrected chi connectivity index (χ4v) is 1.50. The lowest BCUT2D eigenvalue weighted by molar-refractivity contribution is 1.42. The topological polar surface area (TPSA) is 35.8 Å². The highest BCUT2D eigenvalue weighted by atomic mass is 14.9. The largest absolute Gasteiger partial charge is 0.355 e. The van der Waals surface area contributed by atoms with Crippen LogP contribution in [-0.4, -0.2) is 0 Å². The fraction of sp³-hybridized carbons (Fsp3) is 0.0714. The number of nitrogens with one attached hydrogen (secondary N) is 1. The molecular formula is C14H12N2. The lowest BCUT2D eigenvalue weighted by Gasteiger charge is -2.08. The van der Waals surface area contributed by atoms with Crippen LogP contribution < -0.4 is 5.32 Å². The van der Waals surface area contributed by atoms with E-state index in [9.17, 15) is 0 Å². The van der Waals surface area contributed by atoms with Crippen molar-refractivity contribution in [1.29, 1.82) is 5.26 Å². The number of rotatable bonds is 2. The molecule has 16 heavy (non-hydrogen) atoms. The molecule has 0 aliphatic rings. The van der Waals surface area contributed by atoms with Gasteiger partial charge in [0.15, 0.2) is 0 Å². The van der Waals surface area contributed by atoms with Crippen molar-refractivity contribution in [2.45, 2.75) is 6.92 Å². The highest BCUT2D eigenvalue weighted by molar-refractivity contribution is 5.63. The molecule has 0 bridgehead atoms. The SMILES string of the molecule is Cc1ccccc1Nc1ccc(C#N)cc1. The maximum Gasteiger partial charge on any atom is 0.0991 e. The molecule has 78 valence electrons. The molecule has 0 aliphatic heterocycles. The highest BCUT2D eigenvalue weighted by Crippen LogP contribution is 2.19. The van der Waals surface area contributed by atoms with Crippen LogP contribution in [0.5, 0.6) is 0 Å². The Labute approximate surface area is 95.2 Å². The van der Waals surface area contributed by atoms with Crippen LogP contribution in [0.4, 0.5) is 11.4 Å². The maximum absolute atomic E-state index is 8.69. The van der Waals surface area contributed by atoms with Crippen LogP contribution in [0.3, 0.4) is 0 Å². The van der Waals surface area contributed by atoms with Crippen molar-refractivity contribution >= 4 is 11.4 Å². The van der Waals surface area contributed by atoms with E-state index in [1.165, 1.54) is 5.56 Å². The normalized spacial score (nSPS) is 9.50. The smallest absolute Gasteiger partial charge is 0.0991 e. The molecule has 0 saturated heterocycles. The molecule has 0 fully saturated rings. The second-order valence-corrected chi connectivity index (χ2v) is 3.63. The fourth-order valence-electron chi connectivity index (χ4n) is 1.50. The monoisotopic (exact) mass is 208 g/mol. The predicted molar refractivity (Wildman–Crippen MR) is 65.6 cm³/mol. The molecule has 0 radical (unpaired) electrons. The average molecular weight is 208 g/mol. The first-order chi connectivity index (χ1) is 7.79. The molecule has 0 amide bonds. The summed E-state index contributed by atoms with van der Waals surface area (Å²) in [6.45, 7) is 2.06. The Bertz CT molecular complexity index is 521. The van der Waals surface area contributed by atoms with Crippen molar-refractivity contribution in [3.8, 4) is 6.07 Å². The van der Waals surface area contributed by atoms with E-state index < -0.39 is 0 Å². The van der Waals surface area contributed by atoms with Crippen LogP contribution in [0.2, 0.25) is 0 Å². The van der Waals surface area contributed by atoms with Gasteiger partial charge in [0.05, 0.1) is 11.6 Å². The van der Waals surface area contributed by atoms with Crippen LogP contribution in [0.15, 0.2) is 48.5 Å². The summed E-state index contributed by atoms with van der Waals surface area (Å²) in [5.41, 5.74) is 3.96. The van der Waals surface area contributed by atoms with Crippen molar-refractivity contribution < 1.29 is 0 Å². The van der Waals surface area contributed by atoms with Gasteiger partial charge in [-0.2, -0.15) is 5.26 Å². The first-order valence-electron chi connectivity index (χ1n) is 5.12. The van der Waals surface area contributed by atoms with Gasteiger partial charge in [-0.25, -0.2) is 0 Å². The third kappa shape index (κ3) is 2.21. The number of para-hydroxylation sites is 1. The summed E-state index contributed by atoms with van der Waals surface area (Å²) in [5.74, 6) is 0. The lowest BCUT2D eigenvalue weighted by Crippen LogP contribution is -1.92. The van der Waals surface area contributed by atoms with Crippen molar-refractivity contribution in [2.75, 3.05) is 5.32 Å². The van der Waals surface area contributed by atoms with E-state index in [0.29, 0.717) is 5.56 Å². The molecule has 2 nitrogen and oxygen atoms in total. The lowest BCUT2D eigenvalue weighted by atomic mass is 10.2. The molecule has 0 heterocycles. The molecule has 0 aromatic heterocycles. The van der Waals surface area contributed by atoms with Gasteiger partial charge in [-0.05, 0) is 42.8 Å². The van der Waals surface area contributed by atoms with Gasteiger partial charge in [0, 0.05) is 11.4 Å². The Kier molecular flexibility index (Phi) is 2.88. The number of aryl methyl sites for hydroxylation is 1. The molecule has 2 heteroatoms. The minimum atomic E-state index is 0.676. The van der Waals surface area contributed by atoms with Gasteiger partial charge < -0.3 is 5.32 Å². The van der Waals surface area contributed by atoms with Gasteiger partial charge in [-0.15, -0.1) is 0 Å². The minimum absolute atomic E-state index is 0.676. The van der Waals surface area contributed by atoms with Crippen molar-refractivity contribution in [3.63, 3.8) is 0 Å². The first-order valence-corrected chi connectivity index (χ1v) is 5.12. The summed E-state index contributed by atoms with van der Waals surface area (Å²) < 4.78 is 0. The van der Waals surface area contributed by atoms with E-state index >= 15 is 0 Å². The van der Waals surface area contributed by atoms with Crippen LogP contribution in [-0.2, 0) is 0 Å². The van der Waals surface area contributed by atoms with E-state index in [2.05, 4.69) is 24.4 Å². The van der Waals surface area contributed by atoms with E-state index in [1.807, 2.05) is 30.3 Å². The van der Waals surface area contributed by atoms with Crippen molar-refractivity contribution in [3.05, 3.63) is 59.7 Å². The predicted octanol–water partition coefficient (Wildman–Crippen LogP) is 3.61.